The summed E-state index contributed by atoms with van der Waals surface area (Å²) < 4.78 is 37.8. The Kier molecular flexibility index (Phi) is 9.81. The number of hydrogen-bond donors (Lipinski definition) is 0. The second-order valence-electron chi connectivity index (χ2n) is 10.6. The molecule has 0 aliphatic carbocycles. The van der Waals surface area contributed by atoms with Crippen molar-refractivity contribution < 1.29 is 17.9 Å². The number of benzene rings is 1. The summed E-state index contributed by atoms with van der Waals surface area (Å²) in [5.74, 6) is 0. The Hall–Kier alpha value is -0.761. The monoisotopic (exact) mass is 599 g/mol. The van der Waals surface area contributed by atoms with Gasteiger partial charge in [-0.25, -0.2) is 0 Å². The number of hydrogen-bond acceptors (Lipinski definition) is 4. The first-order chi connectivity index (χ1) is 16.3. The fourth-order valence-corrected chi connectivity index (χ4v) is 32.4. The molecule has 2 unspecified atom stereocenters. The molecule has 4 atom stereocenters. The van der Waals surface area contributed by atoms with Gasteiger partial charge >= 0.3 is 213 Å². The molecular formula is C27H45NO4SSn. The van der Waals surface area contributed by atoms with Crippen LogP contribution in [-0.4, -0.2) is 62.2 Å². The van der Waals surface area contributed by atoms with Crippen molar-refractivity contribution in [3.05, 3.63) is 29.8 Å². The van der Waals surface area contributed by atoms with Crippen LogP contribution in [0.4, 0.5) is 4.79 Å². The molecule has 7 heteroatoms. The van der Waals surface area contributed by atoms with Gasteiger partial charge in [-0.2, -0.15) is 0 Å². The molecule has 3 rings (SSSR count). The van der Waals surface area contributed by atoms with Crippen molar-refractivity contribution in [2.75, 3.05) is 7.11 Å². The number of fused-ring (bicyclic) bond motifs is 2. The Morgan fingerprint density at radius 3 is 1.91 bits per heavy atom. The number of amides is 1. The van der Waals surface area contributed by atoms with Crippen LogP contribution in [0.2, 0.25) is 17.2 Å². The van der Waals surface area contributed by atoms with Gasteiger partial charge in [0, 0.05) is 0 Å². The van der Waals surface area contributed by atoms with Crippen LogP contribution >= 0.6 is 0 Å². The van der Waals surface area contributed by atoms with Gasteiger partial charge in [-0.1, -0.05) is 0 Å². The Morgan fingerprint density at radius 1 is 0.941 bits per heavy atom. The first-order valence-electron chi connectivity index (χ1n) is 13.4. The van der Waals surface area contributed by atoms with Crippen molar-refractivity contribution in [3.63, 3.8) is 0 Å². The number of rotatable bonds is 12. The third-order valence-corrected chi connectivity index (χ3v) is 29.2. The van der Waals surface area contributed by atoms with Gasteiger partial charge in [-0.05, 0) is 0 Å². The summed E-state index contributed by atoms with van der Waals surface area (Å²) in [6, 6.07) is 7.12. The van der Waals surface area contributed by atoms with Gasteiger partial charge in [0.25, 0.3) is 0 Å². The van der Waals surface area contributed by atoms with Crippen LogP contribution in [0.5, 0.6) is 0 Å². The quantitative estimate of drug-likeness (QED) is 0.244. The molecule has 1 aromatic carbocycles. The maximum atomic E-state index is 14.3. The summed E-state index contributed by atoms with van der Waals surface area (Å²) in [6.07, 6.45) is 8.36. The van der Waals surface area contributed by atoms with Gasteiger partial charge in [-0.15, -0.1) is 0 Å². The van der Waals surface area contributed by atoms with E-state index in [0.717, 1.165) is 37.7 Å². The van der Waals surface area contributed by atoms with Gasteiger partial charge in [0.05, 0.1) is 0 Å². The van der Waals surface area contributed by atoms with Gasteiger partial charge in [0.1, 0.15) is 0 Å². The fraction of sp³-hybridized carbons (Fsp3) is 0.741. The zero-order valence-corrected chi connectivity index (χ0v) is 25.6. The predicted octanol–water partition coefficient (Wildman–Crippen LogP) is 6.97. The summed E-state index contributed by atoms with van der Waals surface area (Å²) in [7, 11) is -2.13. The summed E-state index contributed by atoms with van der Waals surface area (Å²) >= 11 is -3.02. The number of sulfone groups is 1. The Morgan fingerprint density at radius 2 is 1.44 bits per heavy atom. The number of carbonyl (C=O) groups is 1. The Bertz CT molecular complexity index is 895. The maximum absolute atomic E-state index is 14.3. The first kappa shape index (κ1) is 27.8. The molecule has 0 N–H and O–H groups in total. The molecule has 1 aromatic rings. The van der Waals surface area contributed by atoms with E-state index in [9.17, 15) is 13.2 Å². The van der Waals surface area contributed by atoms with E-state index in [1.807, 2.05) is 24.0 Å². The number of methoxy groups -OCH3 is 1. The van der Waals surface area contributed by atoms with E-state index in [1.165, 1.54) is 39.7 Å². The zero-order chi connectivity index (χ0) is 24.9. The zero-order valence-electron chi connectivity index (χ0n) is 21.9. The minimum atomic E-state index is -3.57. The van der Waals surface area contributed by atoms with E-state index in [4.69, 9.17) is 4.74 Å². The molecule has 2 saturated heterocycles. The molecule has 0 saturated carbocycles. The Labute approximate surface area is 211 Å². The second-order valence-corrected chi connectivity index (χ2v) is 26.7. The van der Waals surface area contributed by atoms with E-state index in [2.05, 4.69) is 20.8 Å². The first-order valence-corrected chi connectivity index (χ1v) is 22.7. The molecule has 0 aromatic heterocycles. The molecule has 0 spiro atoms. The topological polar surface area (TPSA) is 63.7 Å². The summed E-state index contributed by atoms with van der Waals surface area (Å²) in [5, 5.41) is -0.477. The fourth-order valence-electron chi connectivity index (χ4n) is 6.88. The van der Waals surface area contributed by atoms with Crippen LogP contribution in [-0.2, 0) is 14.6 Å². The standard InChI is InChI=1S/C15H18NO4S.3C4H9.Sn/c1-10-3-6-12(7-4-10)21(18,19)14-9-11-5-8-13(14)16(11)15(17)20-2;3*1-3-4-2;/h3-4,6-7,9,11,13-14H,5,8H2,1-2H3;3*1,3-4H2,2H3;/t11-,13+,14?;;;;/m0..../s1. The van der Waals surface area contributed by atoms with E-state index < -0.39 is 33.5 Å². The van der Waals surface area contributed by atoms with Gasteiger partial charge in [0.15, 0.2) is 0 Å². The molecule has 0 radical (unpaired) electrons. The molecular weight excluding hydrogens is 553 g/mol. The average Bonchev–Trinajstić information content (AvgIpc) is 3.41. The van der Waals surface area contributed by atoms with Crippen LogP contribution in [0.25, 0.3) is 0 Å². The van der Waals surface area contributed by atoms with E-state index in [1.54, 1.807) is 12.1 Å². The van der Waals surface area contributed by atoms with Crippen molar-refractivity contribution in [2.45, 2.75) is 119 Å². The summed E-state index contributed by atoms with van der Waals surface area (Å²) in [6.45, 7) is 8.73. The van der Waals surface area contributed by atoms with Crippen LogP contribution in [0.15, 0.2) is 29.2 Å². The van der Waals surface area contributed by atoms with Crippen molar-refractivity contribution in [2.24, 2.45) is 0 Å². The molecule has 2 aliphatic heterocycles. The molecule has 2 heterocycles. The normalized spacial score (nSPS) is 24.6. The number of carbonyl (C=O) groups excluding carboxylic acids is 1. The molecule has 34 heavy (non-hydrogen) atoms. The van der Waals surface area contributed by atoms with Crippen LogP contribution in [0.3, 0.4) is 0 Å². The van der Waals surface area contributed by atoms with Gasteiger partial charge in [0.2, 0.25) is 0 Å². The summed E-state index contributed by atoms with van der Waals surface area (Å²) in [5.41, 5.74) is 1.06. The van der Waals surface area contributed by atoms with Gasteiger partial charge < -0.3 is 0 Å². The van der Waals surface area contributed by atoms with Crippen molar-refractivity contribution in [1.82, 2.24) is 4.90 Å². The van der Waals surface area contributed by atoms with Gasteiger partial charge in [-0.3, -0.25) is 0 Å². The van der Waals surface area contributed by atoms with E-state index in [-0.39, 0.29) is 22.1 Å². The number of nitrogens with zero attached hydrogens (tertiary/aromatic N) is 1. The minimum absolute atomic E-state index is 0.0315. The Balaban J connectivity index is 2.17. The number of aryl methyl sites for hydroxylation is 1. The average molecular weight is 598 g/mol. The van der Waals surface area contributed by atoms with Crippen LogP contribution in [0, 0.1) is 6.92 Å². The molecule has 5 nitrogen and oxygen atoms in total. The molecule has 2 bridgehead atoms. The predicted molar refractivity (Wildman–Crippen MR) is 142 cm³/mol. The third kappa shape index (κ3) is 5.33. The molecule has 2 fully saturated rings. The third-order valence-electron chi connectivity index (χ3n) is 8.51. The molecule has 1 amide bonds. The second kappa shape index (κ2) is 12.0. The van der Waals surface area contributed by atoms with Crippen LogP contribution < -0.4 is 0 Å². The SMILES string of the molecule is CCC[CH2][Sn]([CH2]CCC)([CH2]CCC)[CH]1C(S(=O)(=O)c2ccc(C)cc2)[C@H]2CC[C@@H]1N2C(=O)OC. The van der Waals surface area contributed by atoms with E-state index in [0.29, 0.717) is 4.90 Å². The number of ether oxygens (including phenoxy) is 1. The van der Waals surface area contributed by atoms with Crippen molar-refractivity contribution in [3.8, 4) is 0 Å². The van der Waals surface area contributed by atoms with E-state index >= 15 is 0 Å². The number of unbranched alkanes of at least 4 members (excludes halogenated alkanes) is 3. The molecule has 192 valence electrons. The molecule has 2 aliphatic rings. The van der Waals surface area contributed by atoms with Crippen molar-refractivity contribution >= 4 is 34.3 Å². The summed E-state index contributed by atoms with van der Waals surface area (Å²) in [4.78, 5) is 15.3. The van der Waals surface area contributed by atoms with Crippen molar-refractivity contribution in [1.29, 1.82) is 0 Å². The van der Waals surface area contributed by atoms with Crippen LogP contribution in [0.1, 0.15) is 77.7 Å².